The van der Waals surface area contributed by atoms with Gasteiger partial charge in [-0.3, -0.25) is 20.2 Å². The first-order chi connectivity index (χ1) is 7.45. The fraction of sp³-hybridized carbons (Fsp3) is 0.667. The number of carbonyl (C=O) groups is 3. The van der Waals surface area contributed by atoms with Crippen LogP contribution in [0.2, 0.25) is 0 Å². The van der Waals surface area contributed by atoms with Gasteiger partial charge in [-0.15, -0.1) is 0 Å². The van der Waals surface area contributed by atoms with Crippen LogP contribution in [-0.2, 0) is 14.3 Å². The normalized spacial score (nSPS) is 23.3. The van der Waals surface area contributed by atoms with Crippen molar-refractivity contribution in [1.82, 2.24) is 10.6 Å². The standard InChI is InChI=1S/C9H15N3O4/c1-3-4(2)5(10)8(14)16-7-6(13)11-9(15)12-7/h4-5,7H,3,10H2,1-2H3,(H2,11,12,13,15)/t4-,5-,7?/m1/s1. The molecule has 4 N–H and O–H groups in total. The molecular formula is C9H15N3O4. The van der Waals surface area contributed by atoms with Crippen molar-refractivity contribution in [3.63, 3.8) is 0 Å². The first-order valence-electron chi connectivity index (χ1n) is 5.03. The molecule has 0 spiro atoms. The number of ether oxygens (including phenoxy) is 1. The molecule has 1 aliphatic heterocycles. The summed E-state index contributed by atoms with van der Waals surface area (Å²) in [5, 5.41) is 4.10. The molecule has 1 aliphatic rings. The van der Waals surface area contributed by atoms with Crippen molar-refractivity contribution in [3.8, 4) is 0 Å². The third-order valence-electron chi connectivity index (χ3n) is 2.50. The minimum Gasteiger partial charge on any atom is -0.431 e. The first kappa shape index (κ1) is 12.4. The number of nitrogens with one attached hydrogen (secondary N) is 2. The lowest BCUT2D eigenvalue weighted by atomic mass is 10.0. The van der Waals surface area contributed by atoms with E-state index in [9.17, 15) is 14.4 Å². The molecule has 7 nitrogen and oxygen atoms in total. The van der Waals surface area contributed by atoms with Gasteiger partial charge in [-0.2, -0.15) is 0 Å². The van der Waals surface area contributed by atoms with E-state index in [1.54, 1.807) is 6.92 Å². The summed E-state index contributed by atoms with van der Waals surface area (Å²) in [5.41, 5.74) is 5.61. The van der Waals surface area contributed by atoms with E-state index in [4.69, 9.17) is 10.5 Å². The van der Waals surface area contributed by atoms with Crippen molar-refractivity contribution < 1.29 is 19.1 Å². The number of carbonyl (C=O) groups excluding carboxylic acids is 3. The Hall–Kier alpha value is -1.63. The summed E-state index contributed by atoms with van der Waals surface area (Å²) in [6.07, 6.45) is -0.547. The first-order valence-corrected chi connectivity index (χ1v) is 5.03. The minimum atomic E-state index is -1.27. The number of rotatable bonds is 4. The number of nitrogens with two attached hydrogens (primary N) is 1. The molecule has 3 amide bonds. The van der Waals surface area contributed by atoms with Crippen molar-refractivity contribution >= 4 is 17.9 Å². The van der Waals surface area contributed by atoms with Gasteiger partial charge in [-0.1, -0.05) is 20.3 Å². The molecule has 3 atom stereocenters. The van der Waals surface area contributed by atoms with Crippen molar-refractivity contribution in [1.29, 1.82) is 0 Å². The van der Waals surface area contributed by atoms with E-state index >= 15 is 0 Å². The maximum absolute atomic E-state index is 11.5. The van der Waals surface area contributed by atoms with E-state index in [-0.39, 0.29) is 5.92 Å². The summed E-state index contributed by atoms with van der Waals surface area (Å²) in [6, 6.07) is -1.48. The van der Waals surface area contributed by atoms with Crippen molar-refractivity contribution in [3.05, 3.63) is 0 Å². The zero-order valence-electron chi connectivity index (χ0n) is 9.15. The van der Waals surface area contributed by atoms with Gasteiger partial charge < -0.3 is 10.5 Å². The molecule has 0 aliphatic carbocycles. The molecule has 0 radical (unpaired) electrons. The zero-order chi connectivity index (χ0) is 12.3. The molecule has 0 saturated carbocycles. The lowest BCUT2D eigenvalue weighted by Crippen LogP contribution is -2.43. The summed E-state index contributed by atoms with van der Waals surface area (Å²) in [4.78, 5) is 33.3. The van der Waals surface area contributed by atoms with Gasteiger partial charge in [0.2, 0.25) is 0 Å². The summed E-state index contributed by atoms with van der Waals surface area (Å²) in [7, 11) is 0. The number of urea groups is 1. The SMILES string of the molecule is CC[C@@H](C)[C@@H](N)C(=O)OC1NC(=O)NC1=O. The van der Waals surface area contributed by atoms with Crippen LogP contribution in [0.4, 0.5) is 4.79 Å². The summed E-state index contributed by atoms with van der Waals surface area (Å²) >= 11 is 0. The largest absolute Gasteiger partial charge is 0.431 e. The van der Waals surface area contributed by atoms with Gasteiger partial charge in [0, 0.05) is 0 Å². The predicted octanol–water partition coefficient (Wildman–Crippen LogP) is -0.931. The van der Waals surface area contributed by atoms with Gasteiger partial charge in [-0.25, -0.2) is 4.79 Å². The second kappa shape index (κ2) is 4.93. The highest BCUT2D eigenvalue weighted by molar-refractivity contribution is 6.04. The average Bonchev–Trinajstić information content (AvgIpc) is 2.55. The highest BCUT2D eigenvalue weighted by atomic mass is 16.6. The molecule has 7 heteroatoms. The number of hydrogen-bond acceptors (Lipinski definition) is 5. The number of imide groups is 1. The van der Waals surface area contributed by atoms with Gasteiger partial charge >= 0.3 is 12.0 Å². The van der Waals surface area contributed by atoms with E-state index in [0.717, 1.165) is 6.42 Å². The van der Waals surface area contributed by atoms with Gasteiger partial charge in [0.1, 0.15) is 6.04 Å². The van der Waals surface area contributed by atoms with E-state index in [2.05, 4.69) is 5.32 Å². The van der Waals surface area contributed by atoms with Crippen molar-refractivity contribution in [2.45, 2.75) is 32.5 Å². The predicted molar refractivity (Wildman–Crippen MR) is 54.0 cm³/mol. The molecule has 1 saturated heterocycles. The van der Waals surface area contributed by atoms with Gasteiger partial charge in [0.25, 0.3) is 12.1 Å². The van der Waals surface area contributed by atoms with E-state index in [1.807, 2.05) is 12.2 Å². The Morgan fingerprint density at radius 1 is 1.56 bits per heavy atom. The molecule has 0 aromatic carbocycles. The third kappa shape index (κ3) is 2.69. The quantitative estimate of drug-likeness (QED) is 0.426. The molecule has 1 rings (SSSR count). The monoisotopic (exact) mass is 229 g/mol. The summed E-state index contributed by atoms with van der Waals surface area (Å²) < 4.78 is 4.77. The van der Waals surface area contributed by atoms with Crippen molar-refractivity contribution in [2.75, 3.05) is 0 Å². The number of hydrogen-bond donors (Lipinski definition) is 3. The Morgan fingerprint density at radius 2 is 2.19 bits per heavy atom. The molecule has 0 aromatic heterocycles. The fourth-order valence-electron chi connectivity index (χ4n) is 1.16. The van der Waals surface area contributed by atoms with E-state index in [0.29, 0.717) is 0 Å². The van der Waals surface area contributed by atoms with Crippen LogP contribution < -0.4 is 16.4 Å². The molecule has 0 aromatic rings. The van der Waals surface area contributed by atoms with Crippen LogP contribution in [0.1, 0.15) is 20.3 Å². The highest BCUT2D eigenvalue weighted by Crippen LogP contribution is 2.08. The van der Waals surface area contributed by atoms with Crippen LogP contribution in [0.25, 0.3) is 0 Å². The van der Waals surface area contributed by atoms with Crippen LogP contribution in [0.15, 0.2) is 0 Å². The van der Waals surface area contributed by atoms with Crippen LogP contribution in [0.3, 0.4) is 0 Å². The Morgan fingerprint density at radius 3 is 2.62 bits per heavy atom. The Kier molecular flexibility index (Phi) is 3.83. The molecule has 1 heterocycles. The molecule has 1 fully saturated rings. The Labute approximate surface area is 92.7 Å². The number of esters is 1. The second-order valence-electron chi connectivity index (χ2n) is 3.69. The fourth-order valence-corrected chi connectivity index (χ4v) is 1.16. The van der Waals surface area contributed by atoms with Gasteiger partial charge in [0.05, 0.1) is 0 Å². The maximum Gasteiger partial charge on any atom is 0.325 e. The summed E-state index contributed by atoms with van der Waals surface area (Å²) in [5.74, 6) is -1.43. The maximum atomic E-state index is 11.5. The van der Waals surface area contributed by atoms with Crippen molar-refractivity contribution in [2.24, 2.45) is 11.7 Å². The smallest absolute Gasteiger partial charge is 0.325 e. The minimum absolute atomic E-state index is 0.0485. The molecule has 0 bridgehead atoms. The van der Waals surface area contributed by atoms with E-state index < -0.39 is 30.2 Å². The zero-order valence-corrected chi connectivity index (χ0v) is 9.15. The second-order valence-corrected chi connectivity index (χ2v) is 3.69. The number of amides is 3. The van der Waals surface area contributed by atoms with Crippen LogP contribution in [0.5, 0.6) is 0 Å². The summed E-state index contributed by atoms with van der Waals surface area (Å²) in [6.45, 7) is 3.70. The molecule has 16 heavy (non-hydrogen) atoms. The Balaban J connectivity index is 2.51. The molecule has 90 valence electrons. The van der Waals surface area contributed by atoms with Crippen LogP contribution in [0, 0.1) is 5.92 Å². The van der Waals surface area contributed by atoms with Crippen LogP contribution >= 0.6 is 0 Å². The average molecular weight is 229 g/mol. The van der Waals surface area contributed by atoms with E-state index in [1.165, 1.54) is 0 Å². The highest BCUT2D eigenvalue weighted by Gasteiger charge is 2.34. The van der Waals surface area contributed by atoms with Gasteiger partial charge in [-0.05, 0) is 5.92 Å². The lowest BCUT2D eigenvalue weighted by molar-refractivity contribution is -0.157. The lowest BCUT2D eigenvalue weighted by Gasteiger charge is -2.18. The molecule has 1 unspecified atom stereocenters. The third-order valence-corrected chi connectivity index (χ3v) is 2.50. The molecular weight excluding hydrogens is 214 g/mol. The van der Waals surface area contributed by atoms with Gasteiger partial charge in [0.15, 0.2) is 0 Å². The Bertz CT molecular complexity index is 318. The topological polar surface area (TPSA) is 111 Å². The van der Waals surface area contributed by atoms with Crippen LogP contribution in [-0.4, -0.2) is 30.2 Å².